The molecule has 3 aliphatic rings. The van der Waals surface area contributed by atoms with E-state index in [9.17, 15) is 13.6 Å². The maximum Gasteiger partial charge on any atom is 0.236 e. The van der Waals surface area contributed by atoms with E-state index >= 15 is 0 Å². The molecule has 0 radical (unpaired) electrons. The molecule has 0 aromatic heterocycles. The second-order valence-electron chi connectivity index (χ2n) is 8.96. The third-order valence-electron chi connectivity index (χ3n) is 6.73. The average Bonchev–Trinajstić information content (AvgIpc) is 3.09. The zero-order valence-electron chi connectivity index (χ0n) is 16.6. The minimum absolute atomic E-state index is 0.161. The fraction of sp³-hybridized carbons (Fsp3) is 0.682. The molecule has 4 nitrogen and oxygen atoms in total. The Bertz CT molecular complexity index is 707. The lowest BCUT2D eigenvalue weighted by molar-refractivity contribution is -0.132. The van der Waals surface area contributed by atoms with E-state index in [1.807, 2.05) is 0 Å². The Kier molecular flexibility index (Phi) is 5.97. The molecule has 3 saturated heterocycles. The van der Waals surface area contributed by atoms with E-state index in [0.29, 0.717) is 13.1 Å². The highest BCUT2D eigenvalue weighted by Crippen LogP contribution is 2.39. The fourth-order valence-electron chi connectivity index (χ4n) is 5.23. The van der Waals surface area contributed by atoms with Gasteiger partial charge >= 0.3 is 0 Å². The van der Waals surface area contributed by atoms with Crippen LogP contribution < -0.4 is 0 Å². The standard InChI is InChI=1S/C22H31F2N3O/c23-19-6-5-18(13-20(19)24)14-26-11-4-7-22(16-26)8-12-27(17-22)21(28)15-25-9-2-1-3-10-25/h5-6,13H,1-4,7-12,14-17H2. The van der Waals surface area contributed by atoms with Crippen molar-refractivity contribution in [2.24, 2.45) is 5.41 Å². The summed E-state index contributed by atoms with van der Waals surface area (Å²) in [6.45, 7) is 6.90. The van der Waals surface area contributed by atoms with Crippen LogP contribution in [0.1, 0.15) is 44.1 Å². The molecule has 0 saturated carbocycles. The number of likely N-dealkylation sites (tertiary alicyclic amines) is 3. The molecule has 1 amide bonds. The van der Waals surface area contributed by atoms with E-state index in [2.05, 4.69) is 14.7 Å². The number of halogens is 2. The largest absolute Gasteiger partial charge is 0.341 e. The molecule has 6 heteroatoms. The molecule has 1 unspecified atom stereocenters. The number of carbonyl (C=O) groups excluding carboxylic acids is 1. The third-order valence-corrected chi connectivity index (χ3v) is 6.73. The number of rotatable bonds is 4. The first-order valence-corrected chi connectivity index (χ1v) is 10.7. The SMILES string of the molecule is O=C(CN1CCCCC1)N1CCC2(CCCN(Cc3ccc(F)c(F)c3)C2)C1. The van der Waals surface area contributed by atoms with Crippen molar-refractivity contribution in [3.05, 3.63) is 35.4 Å². The van der Waals surface area contributed by atoms with E-state index in [1.54, 1.807) is 6.07 Å². The van der Waals surface area contributed by atoms with Crippen LogP contribution in [0.2, 0.25) is 0 Å². The van der Waals surface area contributed by atoms with Crippen molar-refractivity contribution in [3.8, 4) is 0 Å². The monoisotopic (exact) mass is 391 g/mol. The summed E-state index contributed by atoms with van der Waals surface area (Å²) in [6, 6.07) is 4.18. The predicted octanol–water partition coefficient (Wildman–Crippen LogP) is 3.27. The van der Waals surface area contributed by atoms with Crippen LogP contribution in [0.5, 0.6) is 0 Å². The normalized spacial score (nSPS) is 26.9. The number of carbonyl (C=O) groups is 1. The topological polar surface area (TPSA) is 26.8 Å². The highest BCUT2D eigenvalue weighted by molar-refractivity contribution is 5.78. The molecule has 0 N–H and O–H groups in total. The van der Waals surface area contributed by atoms with Gasteiger partial charge in [-0.25, -0.2) is 8.78 Å². The van der Waals surface area contributed by atoms with Crippen LogP contribution >= 0.6 is 0 Å². The number of nitrogens with zero attached hydrogens (tertiary/aromatic N) is 3. The van der Waals surface area contributed by atoms with Crippen molar-refractivity contribution < 1.29 is 13.6 Å². The predicted molar refractivity (Wildman–Crippen MR) is 105 cm³/mol. The molecule has 28 heavy (non-hydrogen) atoms. The number of hydrogen-bond acceptors (Lipinski definition) is 3. The molecule has 154 valence electrons. The van der Waals surface area contributed by atoms with Crippen LogP contribution in [0.4, 0.5) is 8.78 Å². The smallest absolute Gasteiger partial charge is 0.236 e. The van der Waals surface area contributed by atoms with Crippen molar-refractivity contribution in [1.82, 2.24) is 14.7 Å². The Morgan fingerprint density at radius 2 is 1.68 bits per heavy atom. The van der Waals surface area contributed by atoms with Gasteiger partial charge in [-0.2, -0.15) is 0 Å². The third kappa shape index (κ3) is 4.54. The van der Waals surface area contributed by atoms with E-state index in [-0.39, 0.29) is 11.3 Å². The van der Waals surface area contributed by atoms with Gasteiger partial charge in [0.05, 0.1) is 6.54 Å². The molecular formula is C22H31F2N3O. The minimum atomic E-state index is -0.794. The fourth-order valence-corrected chi connectivity index (χ4v) is 5.23. The van der Waals surface area contributed by atoms with Crippen molar-refractivity contribution in [3.63, 3.8) is 0 Å². The lowest BCUT2D eigenvalue weighted by Crippen LogP contribution is -2.46. The molecule has 1 atom stereocenters. The van der Waals surface area contributed by atoms with Crippen molar-refractivity contribution in [2.75, 3.05) is 45.8 Å². The lowest BCUT2D eigenvalue weighted by atomic mass is 9.79. The zero-order valence-corrected chi connectivity index (χ0v) is 16.6. The second-order valence-corrected chi connectivity index (χ2v) is 8.96. The summed E-state index contributed by atoms with van der Waals surface area (Å²) in [5.74, 6) is -1.30. The molecule has 1 aromatic carbocycles. The number of hydrogen-bond donors (Lipinski definition) is 0. The van der Waals surface area contributed by atoms with Gasteiger partial charge in [0, 0.05) is 31.6 Å². The lowest BCUT2D eigenvalue weighted by Gasteiger charge is -2.40. The van der Waals surface area contributed by atoms with Crippen LogP contribution in [0.15, 0.2) is 18.2 Å². The molecule has 1 aromatic rings. The van der Waals surface area contributed by atoms with Crippen molar-refractivity contribution in [1.29, 1.82) is 0 Å². The number of benzene rings is 1. The highest BCUT2D eigenvalue weighted by Gasteiger charge is 2.42. The molecule has 0 aliphatic carbocycles. The summed E-state index contributed by atoms with van der Waals surface area (Å²) in [5, 5.41) is 0. The second kappa shape index (κ2) is 8.46. The van der Waals surface area contributed by atoms with Gasteiger partial charge in [0.15, 0.2) is 11.6 Å². The molecule has 3 aliphatic heterocycles. The first kappa shape index (κ1) is 19.8. The van der Waals surface area contributed by atoms with Gasteiger partial charge in [0.1, 0.15) is 0 Å². The maximum absolute atomic E-state index is 13.5. The average molecular weight is 392 g/mol. The van der Waals surface area contributed by atoms with Gasteiger partial charge in [-0.15, -0.1) is 0 Å². The quantitative estimate of drug-likeness (QED) is 0.788. The zero-order chi connectivity index (χ0) is 19.6. The van der Waals surface area contributed by atoms with Gasteiger partial charge in [0.2, 0.25) is 5.91 Å². The van der Waals surface area contributed by atoms with Gasteiger partial charge in [-0.1, -0.05) is 12.5 Å². The van der Waals surface area contributed by atoms with Gasteiger partial charge in [-0.05, 0) is 69.4 Å². The van der Waals surface area contributed by atoms with Crippen LogP contribution in [-0.2, 0) is 11.3 Å². The Hall–Kier alpha value is -1.53. The Morgan fingerprint density at radius 3 is 2.46 bits per heavy atom. The highest BCUT2D eigenvalue weighted by atomic mass is 19.2. The summed E-state index contributed by atoms with van der Waals surface area (Å²) in [5.41, 5.74) is 0.973. The Morgan fingerprint density at radius 1 is 0.893 bits per heavy atom. The van der Waals surface area contributed by atoms with Crippen LogP contribution in [0.3, 0.4) is 0 Å². The van der Waals surface area contributed by atoms with E-state index < -0.39 is 11.6 Å². The molecule has 3 heterocycles. The summed E-state index contributed by atoms with van der Waals surface area (Å²) in [4.78, 5) is 19.5. The molecule has 4 rings (SSSR count). The molecule has 1 spiro atoms. The van der Waals surface area contributed by atoms with Crippen LogP contribution in [-0.4, -0.2) is 66.4 Å². The summed E-state index contributed by atoms with van der Waals surface area (Å²) < 4.78 is 26.7. The Labute approximate surface area is 166 Å². The van der Waals surface area contributed by atoms with Crippen LogP contribution in [0.25, 0.3) is 0 Å². The van der Waals surface area contributed by atoms with E-state index in [4.69, 9.17) is 0 Å². The van der Waals surface area contributed by atoms with Gasteiger partial charge in [-0.3, -0.25) is 14.6 Å². The van der Waals surface area contributed by atoms with Gasteiger partial charge in [0.25, 0.3) is 0 Å². The summed E-state index contributed by atoms with van der Waals surface area (Å²) in [6.07, 6.45) is 6.98. The molecular weight excluding hydrogens is 360 g/mol. The minimum Gasteiger partial charge on any atom is -0.341 e. The summed E-state index contributed by atoms with van der Waals surface area (Å²) >= 11 is 0. The van der Waals surface area contributed by atoms with E-state index in [1.165, 1.54) is 31.4 Å². The number of amides is 1. The number of piperidine rings is 2. The first-order valence-electron chi connectivity index (χ1n) is 10.7. The summed E-state index contributed by atoms with van der Waals surface area (Å²) in [7, 11) is 0. The molecule has 3 fully saturated rings. The van der Waals surface area contributed by atoms with Crippen molar-refractivity contribution in [2.45, 2.75) is 45.1 Å². The molecule has 0 bridgehead atoms. The van der Waals surface area contributed by atoms with E-state index in [0.717, 1.165) is 64.1 Å². The van der Waals surface area contributed by atoms with Gasteiger partial charge < -0.3 is 4.90 Å². The Balaban J connectivity index is 1.33. The van der Waals surface area contributed by atoms with Crippen LogP contribution in [0, 0.1) is 17.0 Å². The maximum atomic E-state index is 13.5. The van der Waals surface area contributed by atoms with Crippen molar-refractivity contribution >= 4 is 5.91 Å². The first-order chi connectivity index (χ1) is 13.5.